The Balaban J connectivity index is 2.18. The quantitative estimate of drug-likeness (QED) is 0.723. The fourth-order valence-electron chi connectivity index (χ4n) is 1.80. The summed E-state index contributed by atoms with van der Waals surface area (Å²) < 4.78 is 0. The first-order valence-corrected chi connectivity index (χ1v) is 6.22. The molecule has 5 heteroatoms. The zero-order valence-electron chi connectivity index (χ0n) is 11.4. The Kier molecular flexibility index (Phi) is 4.18. The van der Waals surface area contributed by atoms with E-state index in [0.29, 0.717) is 12.1 Å². The number of benzene rings is 1. The Morgan fingerprint density at radius 1 is 1.45 bits per heavy atom. The molecule has 102 valence electrons. The summed E-state index contributed by atoms with van der Waals surface area (Å²) >= 11 is 0. The van der Waals surface area contributed by atoms with Crippen LogP contribution in [0.4, 0.5) is 5.69 Å². The van der Waals surface area contributed by atoms with Crippen LogP contribution in [0.2, 0.25) is 0 Å². The third-order valence-corrected chi connectivity index (χ3v) is 2.88. The Morgan fingerprint density at radius 3 is 2.85 bits per heavy atom. The Bertz CT molecular complexity index is 691. The number of hydrogen-bond acceptors (Lipinski definition) is 3. The number of nitrogens with two attached hydrogens (primary N) is 1. The molecule has 1 amide bonds. The van der Waals surface area contributed by atoms with Crippen LogP contribution in [0.3, 0.4) is 0 Å². The predicted octanol–water partition coefficient (Wildman–Crippen LogP) is 1.59. The lowest BCUT2D eigenvalue weighted by Crippen LogP contribution is -2.13. The topological polar surface area (TPSA) is 83.8 Å². The van der Waals surface area contributed by atoms with Gasteiger partial charge in [-0.1, -0.05) is 11.8 Å². The Labute approximate surface area is 117 Å². The van der Waals surface area contributed by atoms with Crippen molar-refractivity contribution in [3.63, 3.8) is 0 Å². The number of amides is 1. The standard InChI is InChI=1S/C15H16N4O/c1-10-8-12(4-3-7-16)5-6-14(10)18-15(20)13-9-17-19-11(13)2/h5-6,8-9H,7,16H2,1-2H3,(H,17,19)(H,18,20). The minimum atomic E-state index is -0.180. The van der Waals surface area contributed by atoms with E-state index in [-0.39, 0.29) is 5.91 Å². The van der Waals surface area contributed by atoms with Gasteiger partial charge in [-0.25, -0.2) is 0 Å². The van der Waals surface area contributed by atoms with Crippen LogP contribution in [0.1, 0.15) is 27.2 Å². The van der Waals surface area contributed by atoms with E-state index in [1.54, 1.807) is 6.92 Å². The molecule has 0 saturated heterocycles. The van der Waals surface area contributed by atoms with Gasteiger partial charge in [0.1, 0.15) is 0 Å². The number of nitrogens with one attached hydrogen (secondary N) is 2. The Hall–Kier alpha value is -2.58. The molecule has 0 aliphatic carbocycles. The molecule has 2 aromatic rings. The fraction of sp³-hybridized carbons (Fsp3) is 0.200. The minimum Gasteiger partial charge on any atom is -0.322 e. The molecule has 4 N–H and O–H groups in total. The van der Waals surface area contributed by atoms with Crippen LogP contribution in [0.15, 0.2) is 24.4 Å². The lowest BCUT2D eigenvalue weighted by Gasteiger charge is -2.08. The number of carbonyl (C=O) groups is 1. The summed E-state index contributed by atoms with van der Waals surface area (Å²) in [6, 6.07) is 5.61. The highest BCUT2D eigenvalue weighted by Gasteiger charge is 2.11. The lowest BCUT2D eigenvalue weighted by atomic mass is 10.1. The van der Waals surface area contributed by atoms with Gasteiger partial charge in [0.25, 0.3) is 5.91 Å². The minimum absolute atomic E-state index is 0.180. The summed E-state index contributed by atoms with van der Waals surface area (Å²) in [5, 5.41) is 9.44. The van der Waals surface area contributed by atoms with Crippen molar-refractivity contribution in [1.29, 1.82) is 0 Å². The molecule has 0 aliphatic rings. The predicted molar refractivity (Wildman–Crippen MR) is 78.4 cm³/mol. The molecule has 1 heterocycles. The SMILES string of the molecule is Cc1cc(C#CCN)ccc1NC(=O)c1cn[nH]c1C. The average molecular weight is 268 g/mol. The number of aromatic nitrogens is 2. The van der Waals surface area contributed by atoms with Crippen LogP contribution >= 0.6 is 0 Å². The zero-order valence-corrected chi connectivity index (χ0v) is 11.4. The van der Waals surface area contributed by atoms with Gasteiger partial charge in [0, 0.05) is 16.9 Å². The molecular formula is C15H16N4O. The molecule has 0 aliphatic heterocycles. The second-order valence-electron chi connectivity index (χ2n) is 4.40. The molecule has 0 bridgehead atoms. The molecule has 0 atom stereocenters. The van der Waals surface area contributed by atoms with Gasteiger partial charge in [-0.2, -0.15) is 5.10 Å². The second kappa shape index (κ2) is 6.04. The van der Waals surface area contributed by atoms with Crippen LogP contribution in [0.25, 0.3) is 0 Å². The van der Waals surface area contributed by atoms with Gasteiger partial charge in [0.2, 0.25) is 0 Å². The van der Waals surface area contributed by atoms with E-state index >= 15 is 0 Å². The van der Waals surface area contributed by atoms with E-state index in [2.05, 4.69) is 27.4 Å². The number of rotatable bonds is 2. The van der Waals surface area contributed by atoms with Gasteiger partial charge in [-0.3, -0.25) is 9.89 Å². The summed E-state index contributed by atoms with van der Waals surface area (Å²) in [6.45, 7) is 4.06. The Morgan fingerprint density at radius 2 is 2.25 bits per heavy atom. The maximum absolute atomic E-state index is 12.1. The van der Waals surface area contributed by atoms with Crippen LogP contribution < -0.4 is 11.1 Å². The first-order valence-electron chi connectivity index (χ1n) is 6.22. The molecule has 0 fully saturated rings. The van der Waals surface area contributed by atoms with Gasteiger partial charge >= 0.3 is 0 Å². The summed E-state index contributed by atoms with van der Waals surface area (Å²) in [5.74, 6) is 5.58. The van der Waals surface area contributed by atoms with Crippen molar-refractivity contribution in [2.45, 2.75) is 13.8 Å². The number of hydrogen-bond donors (Lipinski definition) is 3. The average Bonchev–Trinajstić information content (AvgIpc) is 2.85. The molecule has 2 rings (SSSR count). The normalized spacial score (nSPS) is 9.75. The summed E-state index contributed by atoms with van der Waals surface area (Å²) in [7, 11) is 0. The molecule has 0 spiro atoms. The van der Waals surface area contributed by atoms with Gasteiger partial charge in [0.05, 0.1) is 18.3 Å². The van der Waals surface area contributed by atoms with E-state index in [4.69, 9.17) is 5.73 Å². The molecule has 0 radical (unpaired) electrons. The third-order valence-electron chi connectivity index (χ3n) is 2.88. The molecule has 0 unspecified atom stereocenters. The fourth-order valence-corrected chi connectivity index (χ4v) is 1.80. The smallest absolute Gasteiger partial charge is 0.259 e. The lowest BCUT2D eigenvalue weighted by molar-refractivity contribution is 0.102. The van der Waals surface area contributed by atoms with Crippen molar-refractivity contribution in [3.05, 3.63) is 46.8 Å². The molecule has 5 nitrogen and oxygen atoms in total. The first kappa shape index (κ1) is 13.8. The summed E-state index contributed by atoms with van der Waals surface area (Å²) in [4.78, 5) is 12.1. The third kappa shape index (κ3) is 3.05. The summed E-state index contributed by atoms with van der Waals surface area (Å²) in [6.07, 6.45) is 1.51. The maximum atomic E-state index is 12.1. The van der Waals surface area contributed by atoms with Crippen molar-refractivity contribution in [2.24, 2.45) is 5.73 Å². The van der Waals surface area contributed by atoms with Gasteiger partial charge in [-0.15, -0.1) is 0 Å². The number of aromatic amines is 1. The molecule has 1 aromatic carbocycles. The number of carbonyl (C=O) groups excluding carboxylic acids is 1. The monoisotopic (exact) mass is 268 g/mol. The van der Waals surface area contributed by atoms with Crippen LogP contribution in [-0.2, 0) is 0 Å². The summed E-state index contributed by atoms with van der Waals surface area (Å²) in [5.41, 5.74) is 9.20. The number of nitrogens with zero attached hydrogens (tertiary/aromatic N) is 1. The van der Waals surface area contributed by atoms with Gasteiger partial charge < -0.3 is 11.1 Å². The molecule has 1 aromatic heterocycles. The first-order chi connectivity index (χ1) is 9.61. The molecular weight excluding hydrogens is 252 g/mol. The van der Waals surface area contributed by atoms with Crippen LogP contribution in [0.5, 0.6) is 0 Å². The van der Waals surface area contributed by atoms with Crippen LogP contribution in [0, 0.1) is 25.7 Å². The van der Waals surface area contributed by atoms with Crippen molar-refractivity contribution in [3.8, 4) is 11.8 Å². The van der Waals surface area contributed by atoms with Crippen LogP contribution in [-0.4, -0.2) is 22.6 Å². The van der Waals surface area contributed by atoms with E-state index in [9.17, 15) is 4.79 Å². The zero-order chi connectivity index (χ0) is 14.5. The highest BCUT2D eigenvalue weighted by Crippen LogP contribution is 2.17. The van der Waals surface area contributed by atoms with E-state index in [1.165, 1.54) is 6.20 Å². The maximum Gasteiger partial charge on any atom is 0.259 e. The van der Waals surface area contributed by atoms with E-state index in [0.717, 1.165) is 22.5 Å². The van der Waals surface area contributed by atoms with Crippen molar-refractivity contribution >= 4 is 11.6 Å². The van der Waals surface area contributed by atoms with E-state index < -0.39 is 0 Å². The van der Waals surface area contributed by atoms with Gasteiger partial charge in [-0.05, 0) is 37.6 Å². The highest BCUT2D eigenvalue weighted by molar-refractivity contribution is 6.05. The number of H-pyrrole nitrogens is 1. The molecule has 20 heavy (non-hydrogen) atoms. The largest absolute Gasteiger partial charge is 0.322 e. The molecule has 0 saturated carbocycles. The number of anilines is 1. The van der Waals surface area contributed by atoms with Gasteiger partial charge in [0.15, 0.2) is 0 Å². The number of aryl methyl sites for hydroxylation is 2. The van der Waals surface area contributed by atoms with Crippen molar-refractivity contribution in [2.75, 3.05) is 11.9 Å². The van der Waals surface area contributed by atoms with E-state index in [1.807, 2.05) is 25.1 Å². The van der Waals surface area contributed by atoms with Crippen molar-refractivity contribution < 1.29 is 4.79 Å². The highest BCUT2D eigenvalue weighted by atomic mass is 16.1. The second-order valence-corrected chi connectivity index (χ2v) is 4.40. The van der Waals surface area contributed by atoms with Crippen molar-refractivity contribution in [1.82, 2.24) is 10.2 Å².